The molecule has 3 N–H and O–H groups in total. The topological polar surface area (TPSA) is 125 Å². The van der Waals surface area contributed by atoms with Crippen molar-refractivity contribution < 1.29 is 18.7 Å². The van der Waals surface area contributed by atoms with Crippen LogP contribution in [0.2, 0.25) is 5.02 Å². The molecule has 2 aromatic carbocycles. The molecule has 1 amide bonds. The minimum atomic E-state index is -0.116. The molecule has 3 heterocycles. The molecule has 0 fully saturated rings. The summed E-state index contributed by atoms with van der Waals surface area (Å²) in [5.41, 5.74) is 3.68. The lowest BCUT2D eigenvalue weighted by molar-refractivity contribution is -0.116. The Labute approximate surface area is 255 Å². The van der Waals surface area contributed by atoms with Gasteiger partial charge in [0.05, 0.1) is 39.8 Å². The maximum Gasteiger partial charge on any atom is 0.224 e. The predicted octanol–water partition coefficient (Wildman–Crippen LogP) is 6.71. The highest BCUT2D eigenvalue weighted by atomic mass is 35.5. The van der Waals surface area contributed by atoms with Gasteiger partial charge in [-0.25, -0.2) is 0 Å². The fraction of sp³-hybridized carbons (Fsp3) is 0.344. The molecule has 0 unspecified atom stereocenters. The van der Waals surface area contributed by atoms with Crippen molar-refractivity contribution in [2.24, 2.45) is 0 Å². The lowest BCUT2D eigenvalue weighted by Gasteiger charge is -2.17. The molecule has 1 aliphatic heterocycles. The number of aryl methyl sites for hydroxylation is 1. The first-order valence-electron chi connectivity index (χ1n) is 14.3. The number of carbonyl (C=O) groups excluding carboxylic acids is 1. The first-order chi connectivity index (χ1) is 20.8. The lowest BCUT2D eigenvalue weighted by atomic mass is 10.1. The molecule has 0 bridgehead atoms. The van der Waals surface area contributed by atoms with Crippen LogP contribution in [0, 0.1) is 11.3 Å². The number of pyridine rings is 1. The first kappa shape index (κ1) is 30.0. The average molecular weight is 603 g/mol. The Kier molecular flexibility index (Phi) is 9.55. The summed E-state index contributed by atoms with van der Waals surface area (Å²) in [4.78, 5) is 19.3. The summed E-state index contributed by atoms with van der Waals surface area (Å²) in [5, 5.41) is 20.6. The number of nitriles is 1. The van der Waals surface area contributed by atoms with E-state index >= 15 is 0 Å². The van der Waals surface area contributed by atoms with Gasteiger partial charge in [-0.1, -0.05) is 11.6 Å². The van der Waals surface area contributed by atoms with Crippen LogP contribution in [0.15, 0.2) is 47.0 Å². The van der Waals surface area contributed by atoms with Gasteiger partial charge in [-0.3, -0.25) is 9.78 Å². The minimum absolute atomic E-state index is 0.116. The SMILES string of the molecule is CCOc1cc2ncc(C#N)c(Nc3ccc(OCc4cc5c(o4)CCCN5)c(Cl)c3)c2cc1NC(=O)CCCN(C)C. The van der Waals surface area contributed by atoms with E-state index in [1.54, 1.807) is 24.3 Å². The Balaban J connectivity index is 1.38. The van der Waals surface area contributed by atoms with Gasteiger partial charge in [0.1, 0.15) is 35.7 Å². The van der Waals surface area contributed by atoms with Gasteiger partial charge < -0.3 is 34.7 Å². The molecule has 0 aliphatic carbocycles. The Morgan fingerprint density at radius 3 is 2.81 bits per heavy atom. The third-order valence-electron chi connectivity index (χ3n) is 7.00. The summed E-state index contributed by atoms with van der Waals surface area (Å²) < 4.78 is 17.7. The van der Waals surface area contributed by atoms with Crippen LogP contribution < -0.4 is 25.4 Å². The number of nitrogens with one attached hydrogen (secondary N) is 3. The molecule has 2 aromatic heterocycles. The molecular weight excluding hydrogens is 568 g/mol. The molecule has 0 spiro atoms. The average Bonchev–Trinajstić information content (AvgIpc) is 3.40. The predicted molar refractivity (Wildman–Crippen MR) is 169 cm³/mol. The second-order valence-electron chi connectivity index (χ2n) is 10.6. The van der Waals surface area contributed by atoms with E-state index in [-0.39, 0.29) is 12.5 Å². The van der Waals surface area contributed by atoms with Gasteiger partial charge in [-0.15, -0.1) is 0 Å². The quantitative estimate of drug-likeness (QED) is 0.162. The molecule has 0 radical (unpaired) electrons. The van der Waals surface area contributed by atoms with E-state index in [1.165, 1.54) is 6.20 Å². The van der Waals surface area contributed by atoms with Gasteiger partial charge in [0.2, 0.25) is 5.91 Å². The van der Waals surface area contributed by atoms with E-state index < -0.39 is 0 Å². The van der Waals surface area contributed by atoms with E-state index in [1.807, 2.05) is 38.1 Å². The molecule has 0 atom stereocenters. The lowest BCUT2D eigenvalue weighted by Crippen LogP contribution is -2.17. The zero-order valence-corrected chi connectivity index (χ0v) is 25.3. The summed E-state index contributed by atoms with van der Waals surface area (Å²) >= 11 is 6.60. The van der Waals surface area contributed by atoms with Crippen LogP contribution in [-0.2, 0) is 17.8 Å². The second kappa shape index (κ2) is 13.7. The van der Waals surface area contributed by atoms with Crippen LogP contribution in [0.5, 0.6) is 11.5 Å². The first-order valence-corrected chi connectivity index (χ1v) is 14.7. The molecule has 5 rings (SSSR count). The monoisotopic (exact) mass is 602 g/mol. The maximum absolute atomic E-state index is 12.7. The van der Waals surface area contributed by atoms with Crippen molar-refractivity contribution in [1.82, 2.24) is 9.88 Å². The van der Waals surface area contributed by atoms with Crippen molar-refractivity contribution in [3.05, 3.63) is 64.7 Å². The third-order valence-corrected chi connectivity index (χ3v) is 7.30. The normalized spacial score (nSPS) is 12.4. The van der Waals surface area contributed by atoms with E-state index in [2.05, 4.69) is 27.0 Å². The van der Waals surface area contributed by atoms with Crippen LogP contribution in [-0.4, -0.2) is 49.6 Å². The zero-order valence-electron chi connectivity index (χ0n) is 24.6. The number of benzene rings is 2. The second-order valence-corrected chi connectivity index (χ2v) is 11.0. The smallest absolute Gasteiger partial charge is 0.224 e. The number of aromatic nitrogens is 1. The molecule has 224 valence electrons. The molecule has 0 saturated carbocycles. The Morgan fingerprint density at radius 2 is 2.07 bits per heavy atom. The fourth-order valence-electron chi connectivity index (χ4n) is 4.93. The van der Waals surface area contributed by atoms with Gasteiger partial charge in [-0.2, -0.15) is 5.26 Å². The third kappa shape index (κ3) is 7.31. The number of hydrogen-bond acceptors (Lipinski definition) is 9. The van der Waals surface area contributed by atoms with Crippen molar-refractivity contribution in [3.8, 4) is 17.6 Å². The number of ether oxygens (including phenoxy) is 2. The Morgan fingerprint density at radius 1 is 1.21 bits per heavy atom. The Hall–Kier alpha value is -4.46. The van der Waals surface area contributed by atoms with Crippen LogP contribution in [0.25, 0.3) is 10.9 Å². The summed E-state index contributed by atoms with van der Waals surface area (Å²) in [6.07, 6.45) is 4.56. The number of furan rings is 1. The number of fused-ring (bicyclic) bond motifs is 2. The summed E-state index contributed by atoms with van der Waals surface area (Å²) in [6.45, 7) is 4.29. The Bertz CT molecular complexity index is 1640. The number of halogens is 1. The van der Waals surface area contributed by atoms with Crippen molar-refractivity contribution in [2.75, 3.05) is 49.7 Å². The molecule has 43 heavy (non-hydrogen) atoms. The number of amides is 1. The van der Waals surface area contributed by atoms with E-state index in [0.717, 1.165) is 49.6 Å². The summed E-state index contributed by atoms with van der Waals surface area (Å²) in [7, 11) is 3.95. The van der Waals surface area contributed by atoms with Gasteiger partial charge in [0.15, 0.2) is 0 Å². The molecule has 4 aromatic rings. The van der Waals surface area contributed by atoms with Crippen LogP contribution in [0.3, 0.4) is 0 Å². The van der Waals surface area contributed by atoms with Crippen LogP contribution >= 0.6 is 11.6 Å². The van der Waals surface area contributed by atoms with Crippen LogP contribution in [0.4, 0.5) is 22.7 Å². The molecule has 1 aliphatic rings. The molecular formula is C32H35ClN6O4. The number of rotatable bonds is 12. The number of anilines is 4. The number of hydrogen-bond donors (Lipinski definition) is 3. The molecule has 10 nitrogen and oxygen atoms in total. The van der Waals surface area contributed by atoms with Gasteiger partial charge in [0, 0.05) is 48.8 Å². The van der Waals surface area contributed by atoms with E-state index in [0.29, 0.717) is 63.1 Å². The van der Waals surface area contributed by atoms with Crippen LogP contribution in [0.1, 0.15) is 43.3 Å². The van der Waals surface area contributed by atoms with Gasteiger partial charge in [0.25, 0.3) is 0 Å². The van der Waals surface area contributed by atoms with Gasteiger partial charge in [-0.05, 0) is 64.7 Å². The summed E-state index contributed by atoms with van der Waals surface area (Å²) in [5.74, 6) is 2.59. The molecule has 0 saturated heterocycles. The van der Waals surface area contributed by atoms with Crippen molar-refractivity contribution >= 4 is 51.2 Å². The minimum Gasteiger partial charge on any atom is -0.492 e. The van der Waals surface area contributed by atoms with Crippen molar-refractivity contribution in [2.45, 2.75) is 39.2 Å². The number of nitrogens with zero attached hydrogens (tertiary/aromatic N) is 3. The zero-order chi connectivity index (χ0) is 30.3. The van der Waals surface area contributed by atoms with E-state index in [9.17, 15) is 10.1 Å². The standard InChI is InChI=1S/C32H35ClN6O4/c1-4-41-30-16-25-23(15-27(30)38-31(40)8-6-12-39(2)3)32(20(17-34)18-36-25)37-21-9-10-28(24(33)13-21)42-19-22-14-26-29(43-22)7-5-11-35-26/h9-10,13-16,18,35H,4-8,11-12,19H2,1-3H3,(H,36,37)(H,38,40). The highest BCUT2D eigenvalue weighted by Gasteiger charge is 2.18. The highest BCUT2D eigenvalue weighted by molar-refractivity contribution is 6.32. The molecule has 11 heteroatoms. The maximum atomic E-state index is 12.7. The van der Waals surface area contributed by atoms with Gasteiger partial charge >= 0.3 is 0 Å². The fourth-order valence-corrected chi connectivity index (χ4v) is 5.17. The van der Waals surface area contributed by atoms with Crippen molar-refractivity contribution in [3.63, 3.8) is 0 Å². The summed E-state index contributed by atoms with van der Waals surface area (Å²) in [6, 6.07) is 13.1. The highest BCUT2D eigenvalue weighted by Crippen LogP contribution is 2.37. The van der Waals surface area contributed by atoms with E-state index in [4.69, 9.17) is 25.5 Å². The largest absolute Gasteiger partial charge is 0.492 e. The number of carbonyl (C=O) groups is 1. The van der Waals surface area contributed by atoms with Crippen molar-refractivity contribution in [1.29, 1.82) is 5.26 Å².